The lowest BCUT2D eigenvalue weighted by Gasteiger charge is -2.09. The molecule has 0 saturated heterocycles. The van der Waals surface area contributed by atoms with Crippen LogP contribution in [-0.2, 0) is 14.8 Å². The second kappa shape index (κ2) is 8.84. The lowest BCUT2D eigenvalue weighted by Crippen LogP contribution is -2.34. The van der Waals surface area contributed by atoms with Gasteiger partial charge in [0, 0.05) is 30.6 Å². The van der Waals surface area contributed by atoms with Crippen LogP contribution in [0.5, 0.6) is 0 Å². The van der Waals surface area contributed by atoms with Crippen molar-refractivity contribution in [2.24, 2.45) is 0 Å². The van der Waals surface area contributed by atoms with Crippen molar-refractivity contribution < 1.29 is 18.0 Å². The maximum atomic E-state index is 12.2. The Labute approximate surface area is 157 Å². The lowest BCUT2D eigenvalue weighted by molar-refractivity contribution is -0.114. The topological polar surface area (TPSA) is 104 Å². The number of amides is 2. The van der Waals surface area contributed by atoms with Crippen molar-refractivity contribution >= 4 is 40.2 Å². The summed E-state index contributed by atoms with van der Waals surface area (Å²) < 4.78 is 26.8. The van der Waals surface area contributed by atoms with Gasteiger partial charge in [0.05, 0.1) is 10.5 Å². The minimum absolute atomic E-state index is 0.0380. The summed E-state index contributed by atoms with van der Waals surface area (Å²) in [7, 11) is -3.71. The van der Waals surface area contributed by atoms with Crippen LogP contribution < -0.4 is 15.4 Å². The van der Waals surface area contributed by atoms with E-state index in [0.717, 1.165) is 0 Å². The lowest BCUT2D eigenvalue weighted by atomic mass is 10.2. The first-order valence-corrected chi connectivity index (χ1v) is 9.66. The minimum atomic E-state index is -3.71. The average molecular weight is 393 g/mol. The summed E-state index contributed by atoms with van der Waals surface area (Å²) in [4.78, 5) is 23.6. The van der Waals surface area contributed by atoms with Crippen LogP contribution in [0.15, 0.2) is 58.3 Å². The number of hydrogen-bond donors (Lipinski definition) is 4. The SMILES string of the molecule is CC(=O)Nc1ccc(S(=O)(=O)NCCNC(=O)c2ccccc2S)cc1. The molecule has 2 amide bonds. The summed E-state index contributed by atoms with van der Waals surface area (Å²) in [6, 6.07) is 12.6. The Hall–Kier alpha value is -2.36. The van der Waals surface area contributed by atoms with Crippen LogP contribution in [0.2, 0.25) is 0 Å². The number of hydrogen-bond acceptors (Lipinski definition) is 5. The fourth-order valence-electron chi connectivity index (χ4n) is 2.13. The van der Waals surface area contributed by atoms with Gasteiger partial charge in [0.2, 0.25) is 15.9 Å². The van der Waals surface area contributed by atoms with Gasteiger partial charge in [-0.2, -0.15) is 0 Å². The molecule has 7 nitrogen and oxygen atoms in total. The zero-order valence-electron chi connectivity index (χ0n) is 14.0. The highest BCUT2D eigenvalue weighted by Gasteiger charge is 2.14. The number of carbonyl (C=O) groups is 2. The van der Waals surface area contributed by atoms with Crippen LogP contribution in [0.3, 0.4) is 0 Å². The number of anilines is 1. The van der Waals surface area contributed by atoms with Crippen molar-refractivity contribution in [1.82, 2.24) is 10.0 Å². The first kappa shape index (κ1) is 20.0. The maximum absolute atomic E-state index is 12.2. The molecule has 0 spiro atoms. The molecule has 0 atom stereocenters. The predicted octanol–water partition coefficient (Wildman–Crippen LogP) is 1.64. The van der Waals surface area contributed by atoms with Gasteiger partial charge in [0.15, 0.2) is 0 Å². The van der Waals surface area contributed by atoms with Crippen molar-refractivity contribution in [2.75, 3.05) is 18.4 Å². The van der Waals surface area contributed by atoms with Gasteiger partial charge in [-0.3, -0.25) is 9.59 Å². The molecule has 0 bridgehead atoms. The molecular weight excluding hydrogens is 374 g/mol. The molecule has 2 aromatic carbocycles. The molecule has 2 rings (SSSR count). The number of nitrogens with one attached hydrogen (secondary N) is 3. The number of thiol groups is 1. The standard InChI is InChI=1S/C17H19N3O4S2/c1-12(21)20-13-6-8-14(9-7-13)26(23,24)19-11-10-18-17(22)15-4-2-3-5-16(15)25/h2-9,19,25H,10-11H2,1H3,(H,18,22)(H,20,21). The van der Waals surface area contributed by atoms with E-state index < -0.39 is 10.0 Å². The number of rotatable bonds is 7. The van der Waals surface area contributed by atoms with Gasteiger partial charge in [-0.05, 0) is 36.4 Å². The van der Waals surface area contributed by atoms with Crippen LogP contribution in [0.1, 0.15) is 17.3 Å². The van der Waals surface area contributed by atoms with Crippen molar-refractivity contribution in [2.45, 2.75) is 16.7 Å². The zero-order valence-corrected chi connectivity index (χ0v) is 15.7. The Bertz CT molecular complexity index is 896. The second-order valence-corrected chi connectivity index (χ2v) is 7.63. The van der Waals surface area contributed by atoms with E-state index in [1.165, 1.54) is 31.2 Å². The Morgan fingerprint density at radius 3 is 2.27 bits per heavy atom. The predicted molar refractivity (Wildman–Crippen MR) is 102 cm³/mol. The van der Waals surface area contributed by atoms with E-state index >= 15 is 0 Å². The van der Waals surface area contributed by atoms with Gasteiger partial charge in [0.25, 0.3) is 5.91 Å². The average Bonchev–Trinajstić information content (AvgIpc) is 2.59. The largest absolute Gasteiger partial charge is 0.351 e. The molecule has 0 aliphatic rings. The molecular formula is C17H19N3O4S2. The maximum Gasteiger partial charge on any atom is 0.252 e. The van der Waals surface area contributed by atoms with Crippen LogP contribution in [-0.4, -0.2) is 33.3 Å². The van der Waals surface area contributed by atoms with Gasteiger partial charge < -0.3 is 10.6 Å². The van der Waals surface area contributed by atoms with Gasteiger partial charge >= 0.3 is 0 Å². The molecule has 9 heteroatoms. The summed E-state index contributed by atoms with van der Waals surface area (Å²) >= 11 is 4.21. The Morgan fingerprint density at radius 2 is 1.65 bits per heavy atom. The molecule has 0 fully saturated rings. The van der Waals surface area contributed by atoms with E-state index in [2.05, 4.69) is 28.0 Å². The third-order valence-electron chi connectivity index (χ3n) is 3.34. The highest BCUT2D eigenvalue weighted by Crippen LogP contribution is 2.14. The molecule has 3 N–H and O–H groups in total. The third kappa shape index (κ3) is 5.58. The van der Waals surface area contributed by atoms with Crippen LogP contribution in [0.4, 0.5) is 5.69 Å². The molecule has 2 aromatic rings. The first-order chi connectivity index (χ1) is 12.3. The molecule has 0 aliphatic carbocycles. The van der Waals surface area contributed by atoms with E-state index in [4.69, 9.17) is 0 Å². The van der Waals surface area contributed by atoms with Crippen LogP contribution in [0.25, 0.3) is 0 Å². The number of benzene rings is 2. The van der Waals surface area contributed by atoms with Gasteiger partial charge in [-0.1, -0.05) is 12.1 Å². The summed E-state index contributed by atoms with van der Waals surface area (Å²) in [6.45, 7) is 1.53. The summed E-state index contributed by atoms with van der Waals surface area (Å²) in [6.07, 6.45) is 0. The van der Waals surface area contributed by atoms with Gasteiger partial charge in [-0.15, -0.1) is 12.6 Å². The molecule has 0 radical (unpaired) electrons. The van der Waals surface area contributed by atoms with E-state index in [1.807, 2.05) is 0 Å². The summed E-state index contributed by atoms with van der Waals surface area (Å²) in [5.41, 5.74) is 0.932. The number of carbonyl (C=O) groups excluding carboxylic acids is 2. The van der Waals surface area contributed by atoms with Crippen LogP contribution in [0, 0.1) is 0 Å². The Kier molecular flexibility index (Phi) is 6.78. The van der Waals surface area contributed by atoms with Gasteiger partial charge in [-0.25, -0.2) is 13.1 Å². The normalized spacial score (nSPS) is 11.0. The molecule has 0 aromatic heterocycles. The number of sulfonamides is 1. The minimum Gasteiger partial charge on any atom is -0.351 e. The van der Waals surface area contributed by atoms with E-state index in [1.54, 1.807) is 24.3 Å². The fraction of sp³-hybridized carbons (Fsp3) is 0.176. The van der Waals surface area contributed by atoms with E-state index in [9.17, 15) is 18.0 Å². The first-order valence-electron chi connectivity index (χ1n) is 7.73. The van der Waals surface area contributed by atoms with E-state index in [0.29, 0.717) is 16.1 Å². The molecule has 0 aliphatic heterocycles. The molecule has 26 heavy (non-hydrogen) atoms. The molecule has 138 valence electrons. The quantitative estimate of drug-likeness (QED) is 0.424. The third-order valence-corrected chi connectivity index (χ3v) is 5.20. The Morgan fingerprint density at radius 1 is 1.00 bits per heavy atom. The summed E-state index contributed by atoms with van der Waals surface area (Å²) in [5.74, 6) is -0.563. The van der Waals surface area contributed by atoms with E-state index in [-0.39, 0.29) is 29.8 Å². The van der Waals surface area contributed by atoms with Crippen molar-refractivity contribution in [3.05, 3.63) is 54.1 Å². The molecule has 0 unspecified atom stereocenters. The van der Waals surface area contributed by atoms with Crippen molar-refractivity contribution in [1.29, 1.82) is 0 Å². The zero-order chi connectivity index (χ0) is 19.2. The smallest absolute Gasteiger partial charge is 0.252 e. The Balaban J connectivity index is 1.87. The fourth-order valence-corrected chi connectivity index (χ4v) is 3.42. The monoisotopic (exact) mass is 393 g/mol. The second-order valence-electron chi connectivity index (χ2n) is 5.38. The summed E-state index contributed by atoms with van der Waals surface area (Å²) in [5, 5.41) is 5.19. The van der Waals surface area contributed by atoms with Crippen LogP contribution >= 0.6 is 12.6 Å². The highest BCUT2D eigenvalue weighted by molar-refractivity contribution is 7.89. The van der Waals surface area contributed by atoms with Crippen molar-refractivity contribution in [3.63, 3.8) is 0 Å². The van der Waals surface area contributed by atoms with Crippen molar-refractivity contribution in [3.8, 4) is 0 Å². The molecule has 0 saturated carbocycles. The molecule has 0 heterocycles. The van der Waals surface area contributed by atoms with Gasteiger partial charge in [0.1, 0.15) is 0 Å². The highest BCUT2D eigenvalue weighted by atomic mass is 32.2.